The Balaban J connectivity index is 1.99. The lowest BCUT2D eigenvalue weighted by molar-refractivity contribution is 0.102. The van der Waals surface area contributed by atoms with E-state index in [4.69, 9.17) is 4.74 Å². The number of thiazole rings is 1. The summed E-state index contributed by atoms with van der Waals surface area (Å²) < 4.78 is 5.15. The van der Waals surface area contributed by atoms with Gasteiger partial charge in [0.2, 0.25) is 0 Å². The van der Waals surface area contributed by atoms with Crippen LogP contribution in [0.15, 0.2) is 24.3 Å². The molecule has 0 aliphatic heterocycles. The molecule has 4 heteroatoms. The third-order valence-corrected chi connectivity index (χ3v) is 4.50. The second-order valence-corrected chi connectivity index (χ2v) is 5.79. The van der Waals surface area contributed by atoms with E-state index in [0.717, 1.165) is 39.7 Å². The Morgan fingerprint density at radius 1 is 1.32 bits per heavy atom. The van der Waals surface area contributed by atoms with Crippen LogP contribution in [0.25, 0.3) is 10.6 Å². The molecule has 2 aromatic rings. The normalized spacial score (nSPS) is 14.4. The number of hydrogen-bond acceptors (Lipinski definition) is 4. The van der Waals surface area contributed by atoms with Gasteiger partial charge in [0.15, 0.2) is 5.78 Å². The van der Waals surface area contributed by atoms with Gasteiger partial charge >= 0.3 is 0 Å². The summed E-state index contributed by atoms with van der Waals surface area (Å²) in [5.74, 6) is 1.45. The molecule has 0 unspecified atom stereocenters. The first-order chi connectivity index (χ1) is 9.19. The predicted molar refractivity (Wildman–Crippen MR) is 76.1 cm³/mol. The van der Waals surface area contributed by atoms with Crippen molar-refractivity contribution in [3.05, 3.63) is 34.8 Å². The van der Waals surface area contributed by atoms with Crippen molar-refractivity contribution in [2.75, 3.05) is 7.11 Å². The second-order valence-electron chi connectivity index (χ2n) is 4.79. The molecule has 1 aliphatic rings. The van der Waals surface area contributed by atoms with Crippen LogP contribution >= 0.6 is 11.3 Å². The van der Waals surface area contributed by atoms with Gasteiger partial charge in [0.1, 0.15) is 10.8 Å². The van der Waals surface area contributed by atoms with Gasteiger partial charge in [-0.3, -0.25) is 4.79 Å². The highest BCUT2D eigenvalue weighted by Crippen LogP contribution is 2.44. The summed E-state index contributed by atoms with van der Waals surface area (Å²) in [6.45, 7) is 1.62. The first kappa shape index (κ1) is 12.4. The van der Waals surface area contributed by atoms with Crippen LogP contribution in [0.1, 0.15) is 41.0 Å². The average molecular weight is 273 g/mol. The summed E-state index contributed by atoms with van der Waals surface area (Å²) in [7, 11) is 1.65. The molecule has 0 radical (unpaired) electrons. The Morgan fingerprint density at radius 3 is 2.53 bits per heavy atom. The van der Waals surface area contributed by atoms with Gasteiger partial charge in [0.05, 0.1) is 17.7 Å². The molecule has 1 fully saturated rings. The number of Topliss-reactive ketones (excluding diaryl/α,β-unsaturated/α-hetero) is 1. The molecule has 1 aliphatic carbocycles. The Kier molecular flexibility index (Phi) is 3.11. The third kappa shape index (κ3) is 2.40. The molecule has 0 atom stereocenters. The van der Waals surface area contributed by atoms with Gasteiger partial charge < -0.3 is 4.74 Å². The number of methoxy groups -OCH3 is 1. The smallest absolute Gasteiger partial charge is 0.171 e. The molecule has 0 N–H and O–H groups in total. The van der Waals surface area contributed by atoms with Crippen LogP contribution in [0.2, 0.25) is 0 Å². The number of carbonyl (C=O) groups is 1. The number of ketones is 1. The summed E-state index contributed by atoms with van der Waals surface area (Å²) in [6.07, 6.45) is 2.32. The van der Waals surface area contributed by atoms with E-state index in [-0.39, 0.29) is 5.78 Å². The Labute approximate surface area is 116 Å². The minimum atomic E-state index is 0.124. The average Bonchev–Trinajstić information content (AvgIpc) is 3.17. The quantitative estimate of drug-likeness (QED) is 0.793. The third-order valence-electron chi connectivity index (χ3n) is 3.27. The van der Waals surface area contributed by atoms with Crippen LogP contribution in [-0.4, -0.2) is 17.9 Å². The first-order valence-corrected chi connectivity index (χ1v) is 7.16. The fourth-order valence-electron chi connectivity index (χ4n) is 2.07. The predicted octanol–water partition coefficient (Wildman–Crippen LogP) is 3.90. The number of aromatic nitrogens is 1. The van der Waals surface area contributed by atoms with Crippen LogP contribution in [0.5, 0.6) is 5.75 Å². The molecule has 1 saturated carbocycles. The Hall–Kier alpha value is -1.68. The lowest BCUT2D eigenvalue weighted by atomic mass is 10.2. The zero-order valence-electron chi connectivity index (χ0n) is 11.0. The fraction of sp³-hybridized carbons (Fsp3) is 0.333. The molecule has 1 heterocycles. The highest BCUT2D eigenvalue weighted by atomic mass is 32.1. The monoisotopic (exact) mass is 273 g/mol. The number of benzene rings is 1. The van der Waals surface area contributed by atoms with Crippen molar-refractivity contribution < 1.29 is 9.53 Å². The zero-order valence-corrected chi connectivity index (χ0v) is 11.8. The maximum atomic E-state index is 11.7. The van der Waals surface area contributed by atoms with Crippen LogP contribution in [-0.2, 0) is 0 Å². The summed E-state index contributed by atoms with van der Waals surface area (Å²) in [5, 5.41) is 0.926. The largest absolute Gasteiger partial charge is 0.497 e. The van der Waals surface area contributed by atoms with E-state index in [1.165, 1.54) is 11.3 Å². The van der Waals surface area contributed by atoms with Crippen molar-refractivity contribution in [1.29, 1.82) is 0 Å². The van der Waals surface area contributed by atoms with Crippen LogP contribution in [0, 0.1) is 0 Å². The van der Waals surface area contributed by atoms with E-state index in [0.29, 0.717) is 5.92 Å². The van der Waals surface area contributed by atoms with Gasteiger partial charge in [-0.1, -0.05) is 0 Å². The molecule has 98 valence electrons. The molecule has 1 aromatic carbocycles. The SMILES string of the molecule is COc1ccc(-c2nc(C3CC3)c(C(C)=O)s2)cc1. The van der Waals surface area contributed by atoms with E-state index in [1.54, 1.807) is 14.0 Å². The molecule has 0 spiro atoms. The van der Waals surface area contributed by atoms with Crippen LogP contribution < -0.4 is 4.74 Å². The van der Waals surface area contributed by atoms with E-state index >= 15 is 0 Å². The minimum absolute atomic E-state index is 0.124. The molecular formula is C15H15NO2S. The lowest BCUT2D eigenvalue weighted by Gasteiger charge is -2.00. The van der Waals surface area contributed by atoms with Gasteiger partial charge in [-0.15, -0.1) is 11.3 Å². The molecular weight excluding hydrogens is 258 g/mol. The Bertz CT molecular complexity index is 612. The summed E-state index contributed by atoms with van der Waals surface area (Å²) in [5.41, 5.74) is 2.04. The van der Waals surface area contributed by atoms with Gasteiger partial charge in [0, 0.05) is 18.4 Å². The molecule has 0 saturated heterocycles. The standard InChI is InChI=1S/C15H15NO2S/c1-9(17)14-13(10-3-4-10)16-15(19-14)11-5-7-12(18-2)8-6-11/h5-8,10H,3-4H2,1-2H3. The van der Waals surface area contributed by atoms with Crippen molar-refractivity contribution in [2.45, 2.75) is 25.7 Å². The summed E-state index contributed by atoms with van der Waals surface area (Å²) in [6, 6.07) is 7.80. The van der Waals surface area contributed by atoms with Crippen molar-refractivity contribution in [1.82, 2.24) is 4.98 Å². The lowest BCUT2D eigenvalue weighted by Crippen LogP contribution is -1.93. The van der Waals surface area contributed by atoms with Gasteiger partial charge in [-0.25, -0.2) is 4.98 Å². The molecule has 0 bridgehead atoms. The van der Waals surface area contributed by atoms with Crippen LogP contribution in [0.4, 0.5) is 0 Å². The highest BCUT2D eigenvalue weighted by Gasteiger charge is 2.31. The fourth-order valence-corrected chi connectivity index (χ4v) is 3.13. The minimum Gasteiger partial charge on any atom is -0.497 e. The highest BCUT2D eigenvalue weighted by molar-refractivity contribution is 7.17. The van der Waals surface area contributed by atoms with Crippen LogP contribution in [0.3, 0.4) is 0 Å². The van der Waals surface area contributed by atoms with Crippen molar-refractivity contribution >= 4 is 17.1 Å². The van der Waals surface area contributed by atoms with E-state index < -0.39 is 0 Å². The van der Waals surface area contributed by atoms with Crippen molar-refractivity contribution in [2.24, 2.45) is 0 Å². The Morgan fingerprint density at radius 2 is 2.00 bits per heavy atom. The zero-order chi connectivity index (χ0) is 13.4. The number of hydrogen-bond donors (Lipinski definition) is 0. The summed E-state index contributed by atoms with van der Waals surface area (Å²) >= 11 is 1.50. The topological polar surface area (TPSA) is 39.2 Å². The maximum absolute atomic E-state index is 11.7. The van der Waals surface area contributed by atoms with E-state index in [9.17, 15) is 4.79 Å². The molecule has 0 amide bonds. The first-order valence-electron chi connectivity index (χ1n) is 6.35. The molecule has 19 heavy (non-hydrogen) atoms. The molecule has 3 nitrogen and oxygen atoms in total. The van der Waals surface area contributed by atoms with Crippen molar-refractivity contribution in [3.63, 3.8) is 0 Å². The maximum Gasteiger partial charge on any atom is 0.171 e. The molecule has 3 rings (SSSR count). The van der Waals surface area contributed by atoms with E-state index in [1.807, 2.05) is 24.3 Å². The van der Waals surface area contributed by atoms with Gasteiger partial charge in [-0.2, -0.15) is 0 Å². The van der Waals surface area contributed by atoms with E-state index in [2.05, 4.69) is 4.98 Å². The van der Waals surface area contributed by atoms with Gasteiger partial charge in [0.25, 0.3) is 0 Å². The number of rotatable bonds is 4. The number of carbonyl (C=O) groups excluding carboxylic acids is 1. The second kappa shape index (κ2) is 4.78. The van der Waals surface area contributed by atoms with Crippen molar-refractivity contribution in [3.8, 4) is 16.3 Å². The van der Waals surface area contributed by atoms with Gasteiger partial charge in [-0.05, 0) is 37.1 Å². The number of ether oxygens (including phenoxy) is 1. The summed E-state index contributed by atoms with van der Waals surface area (Å²) in [4.78, 5) is 17.2. The number of nitrogens with zero attached hydrogens (tertiary/aromatic N) is 1. The molecule has 1 aromatic heterocycles.